The van der Waals surface area contributed by atoms with Crippen LogP contribution in [0.4, 0.5) is 5.00 Å². The second kappa shape index (κ2) is 6.29. The van der Waals surface area contributed by atoms with Gasteiger partial charge in [0.15, 0.2) is 0 Å². The third-order valence-electron chi connectivity index (χ3n) is 4.48. The molecule has 8 heteroatoms. The van der Waals surface area contributed by atoms with E-state index in [4.69, 9.17) is 0 Å². The molecule has 2 aromatic rings. The molecule has 0 aliphatic carbocycles. The Labute approximate surface area is 171 Å². The number of carbonyl (C=O) groups excluding carboxylic acids is 1. The molecule has 1 amide bonds. The number of nitrogens with one attached hydrogen (secondary N) is 3. The molecule has 2 aliphatic heterocycles. The van der Waals surface area contributed by atoms with Crippen molar-refractivity contribution in [3.8, 4) is 5.75 Å². The normalized spacial score (nSPS) is 22.4. The van der Waals surface area contributed by atoms with E-state index in [1.54, 1.807) is 11.3 Å². The highest BCUT2D eigenvalue weighted by Gasteiger charge is 2.34. The second-order valence-electron chi connectivity index (χ2n) is 6.20. The maximum Gasteiger partial charge on any atom is 0.256 e. The van der Waals surface area contributed by atoms with Gasteiger partial charge in [-0.2, -0.15) is 0 Å². The van der Waals surface area contributed by atoms with Gasteiger partial charge in [0, 0.05) is 13.6 Å². The summed E-state index contributed by atoms with van der Waals surface area (Å²) in [6, 6.07) is 3.70. The van der Waals surface area contributed by atoms with E-state index < -0.39 is 6.17 Å². The van der Waals surface area contributed by atoms with Crippen molar-refractivity contribution in [3.63, 3.8) is 0 Å². The second-order valence-corrected chi connectivity index (χ2v) is 9.71. The number of halogens is 2. The molecule has 0 saturated heterocycles. The van der Waals surface area contributed by atoms with Crippen LogP contribution in [0.1, 0.15) is 32.5 Å². The molecular weight excluding hydrogens is 552 g/mol. The third kappa shape index (κ3) is 2.80. The van der Waals surface area contributed by atoms with Crippen LogP contribution in [0.5, 0.6) is 5.75 Å². The lowest BCUT2D eigenvalue weighted by Gasteiger charge is -2.30. The van der Waals surface area contributed by atoms with Crippen LogP contribution in [-0.2, 0) is 13.0 Å². The highest BCUT2D eigenvalue weighted by Crippen LogP contribution is 2.40. The minimum atomic E-state index is -0.467. The first-order valence-corrected chi connectivity index (χ1v) is 10.6. The van der Waals surface area contributed by atoms with E-state index in [9.17, 15) is 9.90 Å². The average Bonchev–Trinajstić information content (AvgIpc) is 2.88. The maximum atomic E-state index is 12.7. The van der Waals surface area contributed by atoms with Gasteiger partial charge in [-0.05, 0) is 68.4 Å². The number of amides is 1. The number of anilines is 1. The number of hydrogen-bond donors (Lipinski definition) is 3. The minimum Gasteiger partial charge on any atom is -0.871 e. The van der Waals surface area contributed by atoms with Crippen LogP contribution >= 0.6 is 56.5 Å². The summed E-state index contributed by atoms with van der Waals surface area (Å²) in [5, 5.41) is 19.7. The van der Waals surface area contributed by atoms with Crippen molar-refractivity contribution in [1.82, 2.24) is 5.32 Å². The Morgan fingerprint density at radius 1 is 1.33 bits per heavy atom. The van der Waals surface area contributed by atoms with Crippen molar-refractivity contribution in [2.45, 2.75) is 19.1 Å². The standard InChI is InChI=1S/C16H15I2N3O2S/c1-21-3-2-8-11(6-21)24-16-12(8)15(23)19-14(20-16)9-4-7(17)5-10(18)13(9)22/h4-5,14,20,22H,2-3,6H2,1H3,(H,19,23). The van der Waals surface area contributed by atoms with Crippen LogP contribution in [-0.4, -0.2) is 19.5 Å². The van der Waals surface area contributed by atoms with Gasteiger partial charge in [-0.15, -0.1) is 11.3 Å². The van der Waals surface area contributed by atoms with Crippen molar-refractivity contribution in [1.29, 1.82) is 0 Å². The molecule has 2 unspecified atom stereocenters. The molecule has 126 valence electrons. The summed E-state index contributed by atoms with van der Waals surface area (Å²) >= 11 is 5.91. The first-order valence-electron chi connectivity index (χ1n) is 7.63. The molecule has 3 N–H and O–H groups in total. The molecule has 2 atom stereocenters. The molecule has 24 heavy (non-hydrogen) atoms. The number of thiophene rings is 1. The van der Waals surface area contributed by atoms with Gasteiger partial charge in [0.25, 0.3) is 5.91 Å². The van der Waals surface area contributed by atoms with Gasteiger partial charge < -0.3 is 20.6 Å². The van der Waals surface area contributed by atoms with Crippen molar-refractivity contribution < 1.29 is 14.8 Å². The van der Waals surface area contributed by atoms with Gasteiger partial charge in [0.2, 0.25) is 0 Å². The van der Waals surface area contributed by atoms with Gasteiger partial charge in [-0.3, -0.25) is 4.79 Å². The van der Waals surface area contributed by atoms with Crippen LogP contribution in [0.3, 0.4) is 0 Å². The lowest BCUT2D eigenvalue weighted by Crippen LogP contribution is -3.08. The largest absolute Gasteiger partial charge is 0.871 e. The molecule has 5 nitrogen and oxygen atoms in total. The Bertz CT molecular complexity index is 852. The van der Waals surface area contributed by atoms with Gasteiger partial charge in [0.1, 0.15) is 17.7 Å². The topological polar surface area (TPSA) is 68.6 Å². The molecule has 2 aliphatic rings. The zero-order valence-electron chi connectivity index (χ0n) is 12.8. The van der Waals surface area contributed by atoms with E-state index in [0.717, 1.165) is 33.6 Å². The molecular formula is C16H15I2N3O2S. The molecule has 3 heterocycles. The summed E-state index contributed by atoms with van der Waals surface area (Å²) in [5.41, 5.74) is 2.56. The lowest BCUT2D eigenvalue weighted by molar-refractivity contribution is -0.895. The number of quaternary nitrogens is 1. The Kier molecular flexibility index (Phi) is 4.42. The van der Waals surface area contributed by atoms with Crippen LogP contribution in [0.25, 0.3) is 0 Å². The van der Waals surface area contributed by atoms with Crippen LogP contribution in [0.15, 0.2) is 12.1 Å². The minimum absolute atomic E-state index is 0.0252. The fourth-order valence-electron chi connectivity index (χ4n) is 3.28. The smallest absolute Gasteiger partial charge is 0.256 e. The van der Waals surface area contributed by atoms with E-state index in [1.165, 1.54) is 15.3 Å². The van der Waals surface area contributed by atoms with Gasteiger partial charge in [-0.1, -0.05) is 5.75 Å². The zero-order chi connectivity index (χ0) is 17.0. The number of benzene rings is 1. The number of fused-ring (bicyclic) bond motifs is 3. The number of hydrogen-bond acceptors (Lipinski definition) is 4. The van der Waals surface area contributed by atoms with Crippen molar-refractivity contribution in [3.05, 3.63) is 40.8 Å². The molecule has 0 radical (unpaired) electrons. The summed E-state index contributed by atoms with van der Waals surface area (Å²) in [6.45, 7) is 2.01. The summed E-state index contributed by atoms with van der Waals surface area (Å²) in [7, 11) is 2.18. The fourth-order valence-corrected chi connectivity index (χ4v) is 6.56. The quantitative estimate of drug-likeness (QED) is 0.458. The number of likely N-dealkylation sites (N-methyl/N-ethyl adjacent to an activating group) is 1. The SMILES string of the molecule is C[NH+]1CCc2c(sc3c2C(=O)NC(c2cc(I)cc(I)c2[O-])N3)C1. The van der Waals surface area contributed by atoms with Crippen molar-refractivity contribution >= 4 is 67.4 Å². The monoisotopic (exact) mass is 567 g/mol. The predicted octanol–water partition coefficient (Wildman–Crippen LogP) is 1.46. The summed E-state index contributed by atoms with van der Waals surface area (Å²) in [6.07, 6.45) is 0.465. The fraction of sp³-hybridized carbons (Fsp3) is 0.312. The first kappa shape index (κ1) is 16.9. The molecule has 0 saturated carbocycles. The number of rotatable bonds is 1. The van der Waals surface area contributed by atoms with Crippen LogP contribution in [0.2, 0.25) is 0 Å². The zero-order valence-corrected chi connectivity index (χ0v) is 18.0. The summed E-state index contributed by atoms with van der Waals surface area (Å²) < 4.78 is 1.66. The maximum absolute atomic E-state index is 12.7. The van der Waals surface area contributed by atoms with E-state index >= 15 is 0 Å². The van der Waals surface area contributed by atoms with Crippen LogP contribution in [0, 0.1) is 7.14 Å². The van der Waals surface area contributed by atoms with E-state index in [2.05, 4.69) is 62.9 Å². The van der Waals surface area contributed by atoms with E-state index in [-0.39, 0.29) is 11.7 Å². The summed E-state index contributed by atoms with van der Waals surface area (Å²) in [5.74, 6) is -0.0955. The first-order chi connectivity index (χ1) is 11.4. The molecule has 1 aromatic heterocycles. The Morgan fingerprint density at radius 2 is 2.12 bits per heavy atom. The Balaban J connectivity index is 1.74. The van der Waals surface area contributed by atoms with Crippen LogP contribution < -0.4 is 20.6 Å². The van der Waals surface area contributed by atoms with Gasteiger partial charge in [0.05, 0.1) is 24.0 Å². The highest BCUT2D eigenvalue weighted by atomic mass is 127. The van der Waals surface area contributed by atoms with Crippen molar-refractivity contribution in [2.24, 2.45) is 0 Å². The predicted molar refractivity (Wildman–Crippen MR) is 109 cm³/mol. The Morgan fingerprint density at radius 3 is 2.92 bits per heavy atom. The lowest BCUT2D eigenvalue weighted by atomic mass is 10.0. The third-order valence-corrected chi connectivity index (χ3v) is 7.07. The van der Waals surface area contributed by atoms with Gasteiger partial charge in [-0.25, -0.2) is 0 Å². The average molecular weight is 567 g/mol. The van der Waals surface area contributed by atoms with E-state index in [0.29, 0.717) is 9.13 Å². The molecule has 4 rings (SSSR count). The number of carbonyl (C=O) groups is 1. The van der Waals surface area contributed by atoms with Gasteiger partial charge >= 0.3 is 0 Å². The Hall–Kier alpha value is -0.590. The molecule has 0 spiro atoms. The van der Waals surface area contributed by atoms with E-state index in [1.807, 2.05) is 12.1 Å². The highest BCUT2D eigenvalue weighted by molar-refractivity contribution is 14.1. The molecule has 1 aromatic carbocycles. The molecule has 0 bridgehead atoms. The molecule has 0 fully saturated rings. The van der Waals surface area contributed by atoms with Crippen molar-refractivity contribution in [2.75, 3.05) is 18.9 Å². The summed E-state index contributed by atoms with van der Waals surface area (Å²) in [4.78, 5) is 15.5.